The van der Waals surface area contributed by atoms with Crippen molar-refractivity contribution in [1.29, 1.82) is 0 Å². The van der Waals surface area contributed by atoms with Crippen LogP contribution in [0, 0.1) is 0 Å². The fraction of sp³-hybridized carbons (Fsp3) is 0.273. The Morgan fingerprint density at radius 2 is 2.27 bits per heavy atom. The largest absolute Gasteiger partial charge is 0.331 e. The summed E-state index contributed by atoms with van der Waals surface area (Å²) in [6.45, 7) is 1.60. The molecule has 0 amide bonds. The van der Waals surface area contributed by atoms with E-state index in [1.54, 1.807) is 12.4 Å². The number of aromatic nitrogens is 3. The van der Waals surface area contributed by atoms with Crippen LogP contribution in [0.4, 0.5) is 0 Å². The highest BCUT2D eigenvalue weighted by Crippen LogP contribution is 2.15. The van der Waals surface area contributed by atoms with E-state index in [4.69, 9.17) is 5.73 Å². The highest BCUT2D eigenvalue weighted by molar-refractivity contribution is 5.53. The highest BCUT2D eigenvalue weighted by atomic mass is 15.1. The summed E-state index contributed by atoms with van der Waals surface area (Å²) in [7, 11) is 0. The van der Waals surface area contributed by atoms with Gasteiger partial charge in [-0.2, -0.15) is 0 Å². The summed E-state index contributed by atoms with van der Waals surface area (Å²) in [6.07, 6.45) is 8.32. The lowest BCUT2D eigenvalue weighted by atomic mass is 10.2. The fourth-order valence-corrected chi connectivity index (χ4v) is 1.51. The van der Waals surface area contributed by atoms with E-state index in [0.717, 1.165) is 24.4 Å². The van der Waals surface area contributed by atoms with E-state index in [1.807, 2.05) is 24.5 Å². The summed E-state index contributed by atoms with van der Waals surface area (Å²) in [5, 5.41) is 0. The van der Waals surface area contributed by atoms with Crippen molar-refractivity contribution >= 4 is 0 Å². The third-order valence-corrected chi connectivity index (χ3v) is 2.24. The summed E-state index contributed by atoms with van der Waals surface area (Å²) in [5.41, 5.74) is 6.53. The van der Waals surface area contributed by atoms with E-state index in [2.05, 4.69) is 14.5 Å². The molecule has 0 atom stereocenters. The summed E-state index contributed by atoms with van der Waals surface area (Å²) < 4.78 is 2.10. The first kappa shape index (κ1) is 9.86. The van der Waals surface area contributed by atoms with Crippen LogP contribution in [-0.4, -0.2) is 21.1 Å². The summed E-state index contributed by atoms with van der Waals surface area (Å²) >= 11 is 0. The zero-order valence-corrected chi connectivity index (χ0v) is 8.50. The molecule has 2 aromatic heterocycles. The minimum Gasteiger partial charge on any atom is -0.331 e. The minimum atomic E-state index is 0.699. The second-order valence-corrected chi connectivity index (χ2v) is 3.33. The fourth-order valence-electron chi connectivity index (χ4n) is 1.51. The summed E-state index contributed by atoms with van der Waals surface area (Å²) in [4.78, 5) is 8.41. The maximum Gasteiger partial charge on any atom is 0.141 e. The standard InChI is InChI=1S/C11H14N4/c12-4-2-7-15-8-6-14-11(15)10-3-1-5-13-9-10/h1,3,5-6,8-9H,2,4,7,12H2. The molecule has 0 fully saturated rings. The van der Waals surface area contributed by atoms with Crippen LogP contribution in [0.5, 0.6) is 0 Å². The number of aryl methyl sites for hydroxylation is 1. The van der Waals surface area contributed by atoms with Crippen LogP contribution in [0.1, 0.15) is 6.42 Å². The molecule has 0 aromatic carbocycles. The smallest absolute Gasteiger partial charge is 0.141 e. The first-order valence-corrected chi connectivity index (χ1v) is 5.03. The van der Waals surface area contributed by atoms with Crippen LogP contribution in [-0.2, 0) is 6.54 Å². The Labute approximate surface area is 88.8 Å². The van der Waals surface area contributed by atoms with Gasteiger partial charge in [0.25, 0.3) is 0 Å². The molecule has 4 heteroatoms. The Kier molecular flexibility index (Phi) is 3.09. The monoisotopic (exact) mass is 202 g/mol. The van der Waals surface area contributed by atoms with E-state index in [0.29, 0.717) is 6.54 Å². The molecule has 0 aliphatic heterocycles. The van der Waals surface area contributed by atoms with Gasteiger partial charge in [-0.3, -0.25) is 4.98 Å². The molecule has 78 valence electrons. The summed E-state index contributed by atoms with van der Waals surface area (Å²) in [5.74, 6) is 0.955. The molecule has 2 aromatic rings. The quantitative estimate of drug-likeness (QED) is 0.812. The van der Waals surface area contributed by atoms with Gasteiger partial charge in [0.1, 0.15) is 5.82 Å². The Hall–Kier alpha value is -1.68. The predicted molar refractivity (Wildman–Crippen MR) is 59.1 cm³/mol. The molecular weight excluding hydrogens is 188 g/mol. The van der Waals surface area contributed by atoms with Crippen LogP contribution in [0.3, 0.4) is 0 Å². The lowest BCUT2D eigenvalue weighted by molar-refractivity contribution is 0.656. The molecule has 2 N–H and O–H groups in total. The first-order chi connectivity index (χ1) is 7.42. The Morgan fingerprint density at radius 1 is 1.33 bits per heavy atom. The third-order valence-electron chi connectivity index (χ3n) is 2.24. The van der Waals surface area contributed by atoms with Gasteiger partial charge in [0.05, 0.1) is 0 Å². The Balaban J connectivity index is 2.25. The minimum absolute atomic E-state index is 0.699. The lowest BCUT2D eigenvalue weighted by Gasteiger charge is -2.06. The Bertz CT molecular complexity index is 408. The number of hydrogen-bond donors (Lipinski definition) is 1. The highest BCUT2D eigenvalue weighted by Gasteiger charge is 2.04. The average Bonchev–Trinajstić information content (AvgIpc) is 2.75. The number of rotatable bonds is 4. The molecule has 0 unspecified atom stereocenters. The maximum atomic E-state index is 5.49. The number of imidazole rings is 1. The maximum absolute atomic E-state index is 5.49. The van der Waals surface area contributed by atoms with Gasteiger partial charge in [0.15, 0.2) is 0 Å². The van der Waals surface area contributed by atoms with Gasteiger partial charge in [-0.25, -0.2) is 4.98 Å². The molecule has 15 heavy (non-hydrogen) atoms. The SMILES string of the molecule is NCCCn1ccnc1-c1cccnc1. The molecule has 0 spiro atoms. The van der Waals surface area contributed by atoms with Crippen LogP contribution in [0.2, 0.25) is 0 Å². The van der Waals surface area contributed by atoms with Gasteiger partial charge in [0, 0.05) is 36.9 Å². The van der Waals surface area contributed by atoms with Gasteiger partial charge in [-0.1, -0.05) is 0 Å². The van der Waals surface area contributed by atoms with Crippen molar-refractivity contribution in [3.8, 4) is 11.4 Å². The number of nitrogens with two attached hydrogens (primary N) is 1. The van der Waals surface area contributed by atoms with Gasteiger partial charge < -0.3 is 10.3 Å². The molecule has 4 nitrogen and oxygen atoms in total. The molecule has 0 aliphatic carbocycles. The van der Waals surface area contributed by atoms with Gasteiger partial charge in [-0.15, -0.1) is 0 Å². The van der Waals surface area contributed by atoms with Crippen molar-refractivity contribution in [2.24, 2.45) is 5.73 Å². The van der Waals surface area contributed by atoms with Crippen LogP contribution in [0.15, 0.2) is 36.9 Å². The number of pyridine rings is 1. The average molecular weight is 202 g/mol. The zero-order chi connectivity index (χ0) is 10.5. The lowest BCUT2D eigenvalue weighted by Crippen LogP contribution is -2.06. The molecule has 0 saturated carbocycles. The van der Waals surface area contributed by atoms with Gasteiger partial charge in [-0.05, 0) is 25.1 Å². The van der Waals surface area contributed by atoms with E-state index in [9.17, 15) is 0 Å². The zero-order valence-electron chi connectivity index (χ0n) is 8.50. The third kappa shape index (κ3) is 2.22. The van der Waals surface area contributed by atoms with Gasteiger partial charge >= 0.3 is 0 Å². The van der Waals surface area contributed by atoms with E-state index >= 15 is 0 Å². The van der Waals surface area contributed by atoms with Gasteiger partial charge in [0.2, 0.25) is 0 Å². The summed E-state index contributed by atoms with van der Waals surface area (Å²) in [6, 6.07) is 3.92. The van der Waals surface area contributed by atoms with Crippen LogP contribution < -0.4 is 5.73 Å². The predicted octanol–water partition coefficient (Wildman–Crippen LogP) is 1.29. The normalized spacial score (nSPS) is 10.5. The second kappa shape index (κ2) is 4.70. The van der Waals surface area contributed by atoms with Crippen molar-refractivity contribution < 1.29 is 0 Å². The molecule has 0 saturated heterocycles. The molecule has 0 bridgehead atoms. The number of nitrogens with zero attached hydrogens (tertiary/aromatic N) is 3. The first-order valence-electron chi connectivity index (χ1n) is 5.03. The number of hydrogen-bond acceptors (Lipinski definition) is 3. The molecule has 0 radical (unpaired) electrons. The molecular formula is C11H14N4. The second-order valence-electron chi connectivity index (χ2n) is 3.33. The van der Waals surface area contributed by atoms with Crippen molar-refractivity contribution in [3.05, 3.63) is 36.9 Å². The van der Waals surface area contributed by atoms with E-state index in [1.165, 1.54) is 0 Å². The van der Waals surface area contributed by atoms with Crippen molar-refractivity contribution in [1.82, 2.24) is 14.5 Å². The topological polar surface area (TPSA) is 56.7 Å². The van der Waals surface area contributed by atoms with Crippen molar-refractivity contribution in [2.45, 2.75) is 13.0 Å². The Morgan fingerprint density at radius 3 is 3.00 bits per heavy atom. The van der Waals surface area contributed by atoms with Crippen molar-refractivity contribution in [3.63, 3.8) is 0 Å². The van der Waals surface area contributed by atoms with E-state index in [-0.39, 0.29) is 0 Å². The van der Waals surface area contributed by atoms with E-state index < -0.39 is 0 Å². The van der Waals surface area contributed by atoms with Crippen LogP contribution >= 0.6 is 0 Å². The van der Waals surface area contributed by atoms with Crippen LogP contribution in [0.25, 0.3) is 11.4 Å². The molecule has 2 heterocycles. The molecule has 0 aliphatic rings. The molecule has 2 rings (SSSR count). The van der Waals surface area contributed by atoms with Crippen molar-refractivity contribution in [2.75, 3.05) is 6.54 Å².